The topological polar surface area (TPSA) is 25.2 Å². The fourth-order valence-corrected chi connectivity index (χ4v) is 2.60. The number of hydrogen-bond donors (Lipinski definition) is 1. The summed E-state index contributed by atoms with van der Waals surface area (Å²) in [6.07, 6.45) is 0.679. The molecule has 0 aliphatic heterocycles. The summed E-state index contributed by atoms with van der Waals surface area (Å²) in [6, 6.07) is 9.15. The van der Waals surface area contributed by atoms with Gasteiger partial charge in [0.05, 0.1) is 5.60 Å². The molecule has 18 heavy (non-hydrogen) atoms. The average molecular weight is 245 g/mol. The highest BCUT2D eigenvalue weighted by Gasteiger charge is 2.19. The van der Waals surface area contributed by atoms with E-state index in [2.05, 4.69) is 49.6 Å². The second-order valence-electron chi connectivity index (χ2n) is 6.15. The van der Waals surface area contributed by atoms with E-state index in [9.17, 15) is 5.11 Å². The van der Waals surface area contributed by atoms with Crippen LogP contribution >= 0.6 is 0 Å². The number of aryl methyl sites for hydroxylation is 1. The van der Waals surface area contributed by atoms with Gasteiger partial charge in [0.1, 0.15) is 0 Å². The van der Waals surface area contributed by atoms with Crippen molar-refractivity contribution in [1.82, 2.24) is 4.57 Å². The number of nitrogens with zero attached hydrogens (tertiary/aromatic N) is 1. The maximum atomic E-state index is 10.0. The van der Waals surface area contributed by atoms with Crippen molar-refractivity contribution in [3.05, 3.63) is 35.5 Å². The van der Waals surface area contributed by atoms with Gasteiger partial charge in [-0.3, -0.25) is 0 Å². The molecule has 0 aliphatic rings. The first kappa shape index (κ1) is 13.2. The smallest absolute Gasteiger partial charge is 0.0646 e. The third-order valence-corrected chi connectivity index (χ3v) is 3.20. The summed E-state index contributed by atoms with van der Waals surface area (Å²) in [6.45, 7) is 10.2. The zero-order valence-corrected chi connectivity index (χ0v) is 12.0. The van der Waals surface area contributed by atoms with Gasteiger partial charge in [-0.2, -0.15) is 0 Å². The maximum absolute atomic E-state index is 10.0. The molecule has 2 heteroatoms. The molecule has 1 aromatic heterocycles. The highest BCUT2D eigenvalue weighted by Crippen LogP contribution is 2.27. The lowest BCUT2D eigenvalue weighted by atomic mass is 10.0. The second-order valence-corrected chi connectivity index (χ2v) is 6.15. The van der Waals surface area contributed by atoms with Gasteiger partial charge < -0.3 is 9.67 Å². The van der Waals surface area contributed by atoms with Crippen LogP contribution in [-0.2, 0) is 6.42 Å². The van der Waals surface area contributed by atoms with E-state index in [-0.39, 0.29) is 0 Å². The molecule has 0 amide bonds. The molecule has 0 aliphatic carbocycles. The molecule has 0 saturated carbocycles. The molecule has 2 nitrogen and oxygen atoms in total. The summed E-state index contributed by atoms with van der Waals surface area (Å²) in [7, 11) is 0. The van der Waals surface area contributed by atoms with Crippen LogP contribution in [0, 0.1) is 6.92 Å². The predicted octanol–water partition coefficient (Wildman–Crippen LogP) is 3.84. The van der Waals surface area contributed by atoms with Crippen molar-refractivity contribution < 1.29 is 5.11 Å². The van der Waals surface area contributed by atoms with Gasteiger partial charge in [-0.05, 0) is 52.8 Å². The van der Waals surface area contributed by atoms with Crippen molar-refractivity contribution in [3.8, 4) is 0 Å². The van der Waals surface area contributed by atoms with E-state index >= 15 is 0 Å². The molecule has 1 aromatic carbocycles. The summed E-state index contributed by atoms with van der Waals surface area (Å²) in [5, 5.41) is 11.3. The van der Waals surface area contributed by atoms with E-state index < -0.39 is 5.60 Å². The van der Waals surface area contributed by atoms with E-state index in [1.54, 1.807) is 0 Å². The van der Waals surface area contributed by atoms with Crippen LogP contribution < -0.4 is 0 Å². The Balaban J connectivity index is 2.61. The Labute approximate surface area is 109 Å². The number of benzene rings is 1. The fourth-order valence-electron chi connectivity index (χ4n) is 2.60. The summed E-state index contributed by atoms with van der Waals surface area (Å²) < 4.78 is 2.33. The molecule has 0 spiro atoms. The van der Waals surface area contributed by atoms with Gasteiger partial charge in [0, 0.05) is 29.1 Å². The fraction of sp³-hybridized carbons (Fsp3) is 0.500. The predicted molar refractivity (Wildman–Crippen MR) is 77.1 cm³/mol. The third kappa shape index (κ3) is 2.59. The SMILES string of the molecule is Cc1ccc2c(c1)cc(CC(C)(C)O)n2C(C)C. The van der Waals surface area contributed by atoms with Crippen LogP contribution in [0.2, 0.25) is 0 Å². The van der Waals surface area contributed by atoms with E-state index in [1.165, 1.54) is 22.2 Å². The summed E-state index contributed by atoms with van der Waals surface area (Å²) >= 11 is 0. The van der Waals surface area contributed by atoms with Gasteiger partial charge >= 0.3 is 0 Å². The van der Waals surface area contributed by atoms with Crippen molar-refractivity contribution in [3.63, 3.8) is 0 Å². The quantitative estimate of drug-likeness (QED) is 0.873. The van der Waals surface area contributed by atoms with Crippen molar-refractivity contribution in [2.45, 2.75) is 52.7 Å². The van der Waals surface area contributed by atoms with Crippen molar-refractivity contribution >= 4 is 10.9 Å². The van der Waals surface area contributed by atoms with Crippen molar-refractivity contribution in [2.24, 2.45) is 0 Å². The third-order valence-electron chi connectivity index (χ3n) is 3.20. The minimum Gasteiger partial charge on any atom is -0.390 e. The Bertz CT molecular complexity index is 558. The number of aromatic nitrogens is 1. The zero-order chi connectivity index (χ0) is 13.5. The zero-order valence-electron chi connectivity index (χ0n) is 12.0. The summed E-state index contributed by atoms with van der Waals surface area (Å²) in [5.41, 5.74) is 3.07. The Morgan fingerprint density at radius 3 is 2.44 bits per heavy atom. The van der Waals surface area contributed by atoms with Crippen LogP contribution in [0.4, 0.5) is 0 Å². The average Bonchev–Trinajstić information content (AvgIpc) is 2.51. The molecule has 1 N–H and O–H groups in total. The molecule has 2 aromatic rings. The molecule has 0 unspecified atom stereocenters. The molecule has 0 bridgehead atoms. The minimum absolute atomic E-state index is 0.405. The molecule has 0 radical (unpaired) electrons. The van der Waals surface area contributed by atoms with Gasteiger partial charge in [0.2, 0.25) is 0 Å². The van der Waals surface area contributed by atoms with Gasteiger partial charge in [-0.25, -0.2) is 0 Å². The normalized spacial score (nSPS) is 12.6. The molecule has 2 rings (SSSR count). The van der Waals surface area contributed by atoms with E-state index in [0.717, 1.165) is 0 Å². The molecule has 0 atom stereocenters. The lowest BCUT2D eigenvalue weighted by molar-refractivity contribution is 0.0789. The largest absolute Gasteiger partial charge is 0.390 e. The Hall–Kier alpha value is -1.28. The molecule has 0 saturated heterocycles. The van der Waals surface area contributed by atoms with Crippen LogP contribution in [0.25, 0.3) is 10.9 Å². The van der Waals surface area contributed by atoms with Crippen molar-refractivity contribution in [1.29, 1.82) is 0 Å². The van der Waals surface area contributed by atoms with Crippen LogP contribution in [0.5, 0.6) is 0 Å². The highest BCUT2D eigenvalue weighted by molar-refractivity contribution is 5.82. The van der Waals surface area contributed by atoms with Crippen molar-refractivity contribution in [2.75, 3.05) is 0 Å². The Kier molecular flexibility index (Phi) is 3.24. The first-order valence-electron chi connectivity index (χ1n) is 6.61. The number of fused-ring (bicyclic) bond motifs is 1. The van der Waals surface area contributed by atoms with E-state index in [4.69, 9.17) is 0 Å². The number of rotatable bonds is 3. The molecule has 0 fully saturated rings. The number of hydrogen-bond acceptors (Lipinski definition) is 1. The van der Waals surface area contributed by atoms with Gasteiger partial charge in [0.15, 0.2) is 0 Å². The lowest BCUT2D eigenvalue weighted by Crippen LogP contribution is -2.24. The minimum atomic E-state index is -0.671. The molecular weight excluding hydrogens is 222 g/mol. The van der Waals surface area contributed by atoms with Crippen LogP contribution in [-0.4, -0.2) is 15.3 Å². The Morgan fingerprint density at radius 2 is 1.89 bits per heavy atom. The summed E-state index contributed by atoms with van der Waals surface area (Å²) in [4.78, 5) is 0. The van der Waals surface area contributed by atoms with E-state index in [1.807, 2.05) is 13.8 Å². The van der Waals surface area contributed by atoms with E-state index in [0.29, 0.717) is 12.5 Å². The Morgan fingerprint density at radius 1 is 1.22 bits per heavy atom. The summed E-state index contributed by atoms with van der Waals surface area (Å²) in [5.74, 6) is 0. The van der Waals surface area contributed by atoms with Crippen LogP contribution in [0.15, 0.2) is 24.3 Å². The highest BCUT2D eigenvalue weighted by atomic mass is 16.3. The second kappa shape index (κ2) is 4.43. The standard InChI is InChI=1S/C16H23NO/c1-11(2)17-14(10-16(4,5)18)9-13-8-12(3)6-7-15(13)17/h6-9,11,18H,10H2,1-5H3. The van der Waals surface area contributed by atoms with Gasteiger partial charge in [-0.1, -0.05) is 11.6 Å². The van der Waals surface area contributed by atoms with Crippen LogP contribution in [0.3, 0.4) is 0 Å². The van der Waals surface area contributed by atoms with Crippen LogP contribution in [0.1, 0.15) is 45.0 Å². The molecule has 1 heterocycles. The molecular formula is C16H23NO. The first-order chi connectivity index (χ1) is 8.28. The lowest BCUT2D eigenvalue weighted by Gasteiger charge is -2.21. The van der Waals surface area contributed by atoms with Gasteiger partial charge in [0.25, 0.3) is 0 Å². The first-order valence-corrected chi connectivity index (χ1v) is 6.61. The maximum Gasteiger partial charge on any atom is 0.0646 e. The molecule has 98 valence electrons. The number of aliphatic hydroxyl groups is 1. The monoisotopic (exact) mass is 245 g/mol. The van der Waals surface area contributed by atoms with Gasteiger partial charge in [-0.15, -0.1) is 0 Å².